The van der Waals surface area contributed by atoms with Crippen LogP contribution in [0.2, 0.25) is 0 Å². The second-order valence-electron chi connectivity index (χ2n) is 9.57. The van der Waals surface area contributed by atoms with E-state index in [2.05, 4.69) is 64.3 Å². The summed E-state index contributed by atoms with van der Waals surface area (Å²) < 4.78 is 7.67. The predicted molar refractivity (Wildman–Crippen MR) is 122 cm³/mol. The van der Waals surface area contributed by atoms with Gasteiger partial charge in [-0.3, -0.25) is 4.98 Å². The van der Waals surface area contributed by atoms with Gasteiger partial charge < -0.3 is 14.7 Å². The van der Waals surface area contributed by atoms with Gasteiger partial charge >= 0.3 is 0 Å². The number of aromatic nitrogens is 1. The first-order chi connectivity index (χ1) is 15.1. The summed E-state index contributed by atoms with van der Waals surface area (Å²) in [6, 6.07) is 15.1. The molecule has 0 radical (unpaired) electrons. The van der Waals surface area contributed by atoms with Gasteiger partial charge in [0.15, 0.2) is 17.6 Å². The lowest BCUT2D eigenvalue weighted by atomic mass is 9.51. The maximum absolute atomic E-state index is 10.7. The van der Waals surface area contributed by atoms with Crippen molar-refractivity contribution in [3.05, 3.63) is 75.5 Å². The molecule has 0 amide bonds. The van der Waals surface area contributed by atoms with Gasteiger partial charge in [-0.25, -0.2) is 0 Å². The Morgan fingerprint density at radius 1 is 1.10 bits per heavy atom. The Kier molecular flexibility index (Phi) is 3.59. The number of nitrogens with zero attached hydrogens (tertiary/aromatic N) is 2. The van der Waals surface area contributed by atoms with E-state index in [9.17, 15) is 5.11 Å². The van der Waals surface area contributed by atoms with Crippen LogP contribution in [0, 0.1) is 5.92 Å². The second kappa shape index (κ2) is 6.11. The molecule has 2 aromatic carbocycles. The molecular weight excluding hydrogens is 452 g/mol. The summed E-state index contributed by atoms with van der Waals surface area (Å²) in [5.74, 6) is 1.45. The van der Waals surface area contributed by atoms with Gasteiger partial charge in [-0.1, -0.05) is 34.1 Å². The van der Waals surface area contributed by atoms with Crippen LogP contribution < -0.4 is 4.74 Å². The molecule has 1 fully saturated rings. The third kappa shape index (κ3) is 2.26. The lowest BCUT2D eigenvalue weighted by Gasteiger charge is -2.57. The van der Waals surface area contributed by atoms with Gasteiger partial charge in [0.1, 0.15) is 0 Å². The fraction of sp³-hybridized carbons (Fsp3) is 0.346. The molecule has 5 heteroatoms. The van der Waals surface area contributed by atoms with Gasteiger partial charge in [-0.2, -0.15) is 0 Å². The quantitative estimate of drug-likeness (QED) is 0.537. The van der Waals surface area contributed by atoms with Crippen molar-refractivity contribution in [3.8, 4) is 22.6 Å². The van der Waals surface area contributed by atoms with E-state index in [1.807, 2.05) is 12.3 Å². The molecule has 3 aromatic rings. The number of phenols is 1. The smallest absolute Gasteiger partial charge is 0.166 e. The van der Waals surface area contributed by atoms with Crippen LogP contribution in [-0.4, -0.2) is 34.6 Å². The van der Waals surface area contributed by atoms with Gasteiger partial charge in [-0.05, 0) is 79.7 Å². The average molecular weight is 475 g/mol. The van der Waals surface area contributed by atoms with Crippen molar-refractivity contribution in [2.45, 2.75) is 36.8 Å². The maximum Gasteiger partial charge on any atom is 0.166 e. The van der Waals surface area contributed by atoms with Crippen LogP contribution in [0.4, 0.5) is 0 Å². The van der Waals surface area contributed by atoms with E-state index in [1.54, 1.807) is 0 Å². The molecule has 0 unspecified atom stereocenters. The van der Waals surface area contributed by atoms with Crippen LogP contribution in [0.1, 0.15) is 34.9 Å². The standard InChI is InChI=1S/C26H23BrN2O2/c1-29-9-8-26-19-11-16-10-17(14-2-5-18(27)6-3-14)13-28-23(16)25(26)31-24-21(30)7-4-15(22(24)26)12-20(19)29/h2-7,10,13,19-20,25,30H,8-9,11-12H2,1H3/t19-,20-,25-,26-/m0/s1. The van der Waals surface area contributed by atoms with Gasteiger partial charge in [0.25, 0.3) is 0 Å². The van der Waals surface area contributed by atoms with E-state index in [1.165, 1.54) is 22.3 Å². The van der Waals surface area contributed by atoms with Crippen LogP contribution in [-0.2, 0) is 18.3 Å². The zero-order chi connectivity index (χ0) is 20.9. The Labute approximate surface area is 190 Å². The number of pyridine rings is 1. The average Bonchev–Trinajstić information content (AvgIpc) is 3.13. The summed E-state index contributed by atoms with van der Waals surface area (Å²) in [5.41, 5.74) is 7.23. The SMILES string of the molecule is CN1CC[C@]23c4c5ccc(O)c4O[C@H]2c2ncc(-c4ccc(Br)cc4)cc2C[C@H]3[C@@H]1C5. The van der Waals surface area contributed by atoms with Gasteiger partial charge in [0, 0.05) is 33.3 Å². The highest BCUT2D eigenvalue weighted by molar-refractivity contribution is 9.10. The van der Waals surface area contributed by atoms with E-state index >= 15 is 0 Å². The third-order valence-electron chi connectivity index (χ3n) is 8.26. The minimum absolute atomic E-state index is 0.0715. The number of halogens is 1. The number of rotatable bonds is 1. The summed E-state index contributed by atoms with van der Waals surface area (Å²) >= 11 is 3.53. The fourth-order valence-electron chi connectivity index (χ4n) is 6.86. The van der Waals surface area contributed by atoms with E-state index in [0.29, 0.717) is 17.7 Å². The van der Waals surface area contributed by atoms with Crippen molar-refractivity contribution in [1.29, 1.82) is 0 Å². The number of hydrogen-bond acceptors (Lipinski definition) is 4. The molecule has 4 atom stereocenters. The molecular formula is C26H23BrN2O2. The summed E-state index contributed by atoms with van der Waals surface area (Å²) in [4.78, 5) is 7.53. The molecule has 156 valence electrons. The first kappa shape index (κ1) is 18.2. The van der Waals surface area contributed by atoms with Crippen molar-refractivity contribution in [2.75, 3.05) is 13.6 Å². The molecule has 2 bridgehead atoms. The molecule has 1 spiro atoms. The molecule has 1 aromatic heterocycles. The zero-order valence-electron chi connectivity index (χ0n) is 17.3. The first-order valence-electron chi connectivity index (χ1n) is 11.0. The highest BCUT2D eigenvalue weighted by Crippen LogP contribution is 2.66. The molecule has 31 heavy (non-hydrogen) atoms. The number of benzene rings is 2. The molecule has 2 aliphatic heterocycles. The van der Waals surface area contributed by atoms with E-state index in [0.717, 1.165) is 41.5 Å². The number of piperidine rings is 1. The molecule has 1 N–H and O–H groups in total. The first-order valence-corrected chi connectivity index (χ1v) is 11.8. The highest BCUT2D eigenvalue weighted by Gasteiger charge is 2.64. The lowest BCUT2D eigenvalue weighted by Crippen LogP contribution is -2.62. The van der Waals surface area contributed by atoms with E-state index in [4.69, 9.17) is 9.72 Å². The van der Waals surface area contributed by atoms with Gasteiger partial charge in [0.2, 0.25) is 0 Å². The normalized spacial score (nSPS) is 29.8. The van der Waals surface area contributed by atoms with Crippen molar-refractivity contribution in [3.63, 3.8) is 0 Å². The number of likely N-dealkylation sites (tertiary alicyclic amines) is 1. The second-order valence-corrected chi connectivity index (χ2v) is 10.5. The molecule has 4 nitrogen and oxygen atoms in total. The molecule has 0 saturated carbocycles. The molecule has 1 saturated heterocycles. The number of likely N-dealkylation sites (N-methyl/N-ethyl adjacent to an activating group) is 1. The van der Waals surface area contributed by atoms with Gasteiger partial charge in [-0.15, -0.1) is 0 Å². The van der Waals surface area contributed by atoms with E-state index < -0.39 is 0 Å². The van der Waals surface area contributed by atoms with Crippen LogP contribution in [0.15, 0.2) is 53.1 Å². The van der Waals surface area contributed by atoms with Crippen molar-refractivity contribution >= 4 is 15.9 Å². The van der Waals surface area contributed by atoms with Crippen LogP contribution in [0.3, 0.4) is 0 Å². The minimum atomic E-state index is -0.112. The monoisotopic (exact) mass is 474 g/mol. The molecule has 3 heterocycles. The summed E-state index contributed by atoms with van der Waals surface area (Å²) in [6.45, 7) is 1.06. The third-order valence-corrected chi connectivity index (χ3v) is 8.79. The Balaban J connectivity index is 1.43. The Morgan fingerprint density at radius 3 is 2.77 bits per heavy atom. The number of ether oxygens (including phenoxy) is 1. The van der Waals surface area contributed by atoms with Gasteiger partial charge in [0.05, 0.1) is 5.69 Å². The fourth-order valence-corrected chi connectivity index (χ4v) is 7.13. The predicted octanol–water partition coefficient (Wildman–Crippen LogP) is 5.02. The summed E-state index contributed by atoms with van der Waals surface area (Å²) in [6.07, 6.45) is 4.96. The molecule has 2 aliphatic carbocycles. The Hall–Kier alpha value is -2.37. The summed E-state index contributed by atoms with van der Waals surface area (Å²) in [5, 5.41) is 10.7. The highest BCUT2D eigenvalue weighted by atomic mass is 79.9. The largest absolute Gasteiger partial charge is 0.504 e. The minimum Gasteiger partial charge on any atom is -0.504 e. The Bertz CT molecular complexity index is 1240. The van der Waals surface area contributed by atoms with Crippen molar-refractivity contribution in [1.82, 2.24) is 9.88 Å². The lowest BCUT2D eigenvalue weighted by molar-refractivity contribution is -0.0260. The number of aromatic hydroxyl groups is 1. The number of fused-ring (bicyclic) bond motifs is 2. The van der Waals surface area contributed by atoms with Crippen LogP contribution >= 0.6 is 15.9 Å². The summed E-state index contributed by atoms with van der Waals surface area (Å²) in [7, 11) is 2.26. The molecule has 4 aliphatic rings. The van der Waals surface area contributed by atoms with Crippen LogP contribution in [0.25, 0.3) is 11.1 Å². The van der Waals surface area contributed by atoms with Crippen LogP contribution in [0.5, 0.6) is 11.5 Å². The number of phenolic OH excluding ortho intramolecular Hbond substituents is 1. The van der Waals surface area contributed by atoms with E-state index in [-0.39, 0.29) is 17.3 Å². The maximum atomic E-state index is 10.7. The Morgan fingerprint density at radius 2 is 1.94 bits per heavy atom. The van der Waals surface area contributed by atoms with Crippen molar-refractivity contribution in [2.24, 2.45) is 5.92 Å². The van der Waals surface area contributed by atoms with Crippen molar-refractivity contribution < 1.29 is 9.84 Å². The number of hydrogen-bond donors (Lipinski definition) is 1. The molecule has 7 rings (SSSR count). The zero-order valence-corrected chi connectivity index (χ0v) is 18.9. The topological polar surface area (TPSA) is 45.6 Å².